The van der Waals surface area contributed by atoms with Crippen molar-refractivity contribution in [3.8, 4) is 11.5 Å². The van der Waals surface area contributed by atoms with E-state index >= 15 is 0 Å². The third-order valence-electron chi connectivity index (χ3n) is 4.22. The molecule has 2 heterocycles. The number of hydrogen-bond acceptors (Lipinski definition) is 7. The molecule has 0 aliphatic carbocycles. The Morgan fingerprint density at radius 3 is 2.60 bits per heavy atom. The SMILES string of the molecule is COc1cc2nc(Cl)nc(NCCCN3CCOCC3)c2cc1OC. The predicted molar refractivity (Wildman–Crippen MR) is 98.0 cm³/mol. The van der Waals surface area contributed by atoms with Crippen molar-refractivity contribution in [1.29, 1.82) is 0 Å². The Morgan fingerprint density at radius 1 is 1.16 bits per heavy atom. The van der Waals surface area contributed by atoms with Crippen molar-refractivity contribution < 1.29 is 14.2 Å². The molecule has 25 heavy (non-hydrogen) atoms. The number of hydrogen-bond donors (Lipinski definition) is 1. The molecule has 1 fully saturated rings. The molecule has 7 nitrogen and oxygen atoms in total. The van der Waals surface area contributed by atoms with Crippen LogP contribution in [-0.2, 0) is 4.74 Å². The van der Waals surface area contributed by atoms with Gasteiger partial charge in [-0.25, -0.2) is 9.97 Å². The first-order valence-electron chi connectivity index (χ1n) is 8.34. The van der Waals surface area contributed by atoms with E-state index in [-0.39, 0.29) is 5.28 Å². The molecular weight excluding hydrogens is 344 g/mol. The number of fused-ring (bicyclic) bond motifs is 1. The molecule has 1 saturated heterocycles. The summed E-state index contributed by atoms with van der Waals surface area (Å²) in [7, 11) is 3.20. The molecule has 1 aliphatic heterocycles. The Morgan fingerprint density at radius 2 is 1.88 bits per heavy atom. The second-order valence-corrected chi connectivity index (χ2v) is 6.14. The van der Waals surface area contributed by atoms with Crippen LogP contribution in [0, 0.1) is 0 Å². The molecule has 136 valence electrons. The second-order valence-electron chi connectivity index (χ2n) is 5.80. The smallest absolute Gasteiger partial charge is 0.224 e. The van der Waals surface area contributed by atoms with Gasteiger partial charge in [-0.1, -0.05) is 0 Å². The quantitative estimate of drug-likeness (QED) is 0.596. The number of methoxy groups -OCH3 is 2. The third kappa shape index (κ3) is 4.42. The highest BCUT2D eigenvalue weighted by Gasteiger charge is 2.13. The lowest BCUT2D eigenvalue weighted by Crippen LogP contribution is -2.37. The lowest BCUT2D eigenvalue weighted by Gasteiger charge is -2.26. The van der Waals surface area contributed by atoms with E-state index in [2.05, 4.69) is 20.2 Å². The van der Waals surface area contributed by atoms with Crippen LogP contribution < -0.4 is 14.8 Å². The zero-order valence-corrected chi connectivity index (χ0v) is 15.3. The number of aromatic nitrogens is 2. The van der Waals surface area contributed by atoms with Crippen LogP contribution >= 0.6 is 11.6 Å². The fourth-order valence-corrected chi connectivity index (χ4v) is 3.07. The summed E-state index contributed by atoms with van der Waals surface area (Å²) >= 11 is 6.07. The monoisotopic (exact) mass is 366 g/mol. The molecule has 0 radical (unpaired) electrons. The van der Waals surface area contributed by atoms with Crippen molar-refractivity contribution >= 4 is 28.3 Å². The summed E-state index contributed by atoms with van der Waals surface area (Å²) in [6, 6.07) is 3.68. The van der Waals surface area contributed by atoms with Gasteiger partial charge in [0.25, 0.3) is 0 Å². The highest BCUT2D eigenvalue weighted by Crippen LogP contribution is 2.34. The Bertz CT molecular complexity index is 723. The number of morpholine rings is 1. The van der Waals surface area contributed by atoms with E-state index in [0.717, 1.165) is 51.2 Å². The van der Waals surface area contributed by atoms with Crippen molar-refractivity contribution in [3.63, 3.8) is 0 Å². The topological polar surface area (TPSA) is 68.7 Å². The predicted octanol–water partition coefficient (Wildman–Crippen LogP) is 2.43. The first-order chi connectivity index (χ1) is 12.2. The molecule has 2 aromatic rings. The van der Waals surface area contributed by atoms with Gasteiger partial charge in [-0.05, 0) is 30.6 Å². The van der Waals surface area contributed by atoms with Crippen LogP contribution in [0.4, 0.5) is 5.82 Å². The van der Waals surface area contributed by atoms with Gasteiger partial charge in [0.1, 0.15) is 5.82 Å². The Kier molecular flexibility index (Phi) is 6.12. The maximum absolute atomic E-state index is 6.07. The Balaban J connectivity index is 1.71. The molecule has 8 heteroatoms. The molecule has 0 atom stereocenters. The molecule has 0 amide bonds. The van der Waals surface area contributed by atoms with Gasteiger partial charge in [0, 0.05) is 31.1 Å². The van der Waals surface area contributed by atoms with Gasteiger partial charge in [-0.15, -0.1) is 0 Å². The molecule has 0 saturated carbocycles. The van der Waals surface area contributed by atoms with E-state index < -0.39 is 0 Å². The van der Waals surface area contributed by atoms with Gasteiger partial charge in [0.15, 0.2) is 11.5 Å². The number of nitrogens with zero attached hydrogens (tertiary/aromatic N) is 3. The molecule has 0 spiro atoms. The van der Waals surface area contributed by atoms with E-state index in [1.54, 1.807) is 20.3 Å². The highest BCUT2D eigenvalue weighted by molar-refractivity contribution is 6.28. The number of nitrogens with one attached hydrogen (secondary N) is 1. The molecule has 0 unspecified atom stereocenters. The molecule has 1 aromatic heterocycles. The van der Waals surface area contributed by atoms with Gasteiger partial charge in [-0.2, -0.15) is 0 Å². The van der Waals surface area contributed by atoms with Gasteiger partial charge in [-0.3, -0.25) is 4.90 Å². The van der Waals surface area contributed by atoms with E-state index in [4.69, 9.17) is 25.8 Å². The minimum absolute atomic E-state index is 0.204. The van der Waals surface area contributed by atoms with Crippen LogP contribution in [0.15, 0.2) is 12.1 Å². The van der Waals surface area contributed by atoms with Crippen LogP contribution in [0.5, 0.6) is 11.5 Å². The van der Waals surface area contributed by atoms with Crippen molar-refractivity contribution in [2.24, 2.45) is 0 Å². The number of halogens is 1. The average molecular weight is 367 g/mol. The maximum atomic E-state index is 6.07. The fourth-order valence-electron chi connectivity index (χ4n) is 2.90. The molecule has 1 N–H and O–H groups in total. The third-order valence-corrected chi connectivity index (χ3v) is 4.39. The number of rotatable bonds is 7. The minimum atomic E-state index is 0.204. The number of ether oxygens (including phenoxy) is 3. The molecule has 3 rings (SSSR count). The first kappa shape index (κ1) is 18.0. The van der Waals surface area contributed by atoms with Gasteiger partial charge in [0.05, 0.1) is 33.0 Å². The largest absolute Gasteiger partial charge is 0.493 e. The fraction of sp³-hybridized carbons (Fsp3) is 0.529. The summed E-state index contributed by atoms with van der Waals surface area (Å²) < 4.78 is 16.1. The zero-order valence-electron chi connectivity index (χ0n) is 14.5. The van der Waals surface area contributed by atoms with Crippen LogP contribution in [0.2, 0.25) is 5.28 Å². The second kappa shape index (κ2) is 8.51. The lowest BCUT2D eigenvalue weighted by atomic mass is 10.2. The Labute approximate surface area is 152 Å². The van der Waals surface area contributed by atoms with Gasteiger partial charge in [0.2, 0.25) is 5.28 Å². The molecular formula is C17H23ClN4O3. The van der Waals surface area contributed by atoms with Crippen molar-refractivity contribution in [3.05, 3.63) is 17.4 Å². The number of benzene rings is 1. The number of anilines is 1. The first-order valence-corrected chi connectivity index (χ1v) is 8.72. The van der Waals surface area contributed by atoms with E-state index in [9.17, 15) is 0 Å². The van der Waals surface area contributed by atoms with Gasteiger partial charge < -0.3 is 19.5 Å². The van der Waals surface area contributed by atoms with Crippen LogP contribution in [0.3, 0.4) is 0 Å². The molecule has 0 bridgehead atoms. The molecule has 1 aromatic carbocycles. The van der Waals surface area contributed by atoms with Crippen molar-refractivity contribution in [1.82, 2.24) is 14.9 Å². The average Bonchev–Trinajstić information content (AvgIpc) is 2.64. The normalized spacial score (nSPS) is 15.3. The lowest BCUT2D eigenvalue weighted by molar-refractivity contribution is 0.0378. The van der Waals surface area contributed by atoms with Crippen molar-refractivity contribution in [2.75, 3.05) is 58.9 Å². The summed E-state index contributed by atoms with van der Waals surface area (Å²) in [6.45, 7) is 5.47. The molecule has 1 aliphatic rings. The minimum Gasteiger partial charge on any atom is -0.493 e. The van der Waals surface area contributed by atoms with E-state index in [1.807, 2.05) is 6.07 Å². The summed E-state index contributed by atoms with van der Waals surface area (Å²) in [5.41, 5.74) is 0.716. The van der Waals surface area contributed by atoms with E-state index in [0.29, 0.717) is 22.8 Å². The zero-order chi connectivity index (χ0) is 17.6. The Hall–Kier alpha value is -1.83. The van der Waals surface area contributed by atoms with Crippen molar-refractivity contribution in [2.45, 2.75) is 6.42 Å². The van der Waals surface area contributed by atoms with Crippen LogP contribution in [-0.4, -0.2) is 68.5 Å². The van der Waals surface area contributed by atoms with Crippen LogP contribution in [0.25, 0.3) is 10.9 Å². The van der Waals surface area contributed by atoms with E-state index in [1.165, 1.54) is 0 Å². The van der Waals surface area contributed by atoms with Crippen LogP contribution in [0.1, 0.15) is 6.42 Å². The van der Waals surface area contributed by atoms with Gasteiger partial charge >= 0.3 is 0 Å². The highest BCUT2D eigenvalue weighted by atomic mass is 35.5. The summed E-state index contributed by atoms with van der Waals surface area (Å²) in [5, 5.41) is 4.43. The summed E-state index contributed by atoms with van der Waals surface area (Å²) in [5.74, 6) is 1.96. The summed E-state index contributed by atoms with van der Waals surface area (Å²) in [6.07, 6.45) is 1.01. The summed E-state index contributed by atoms with van der Waals surface area (Å²) in [4.78, 5) is 11.0. The standard InChI is InChI=1S/C17H23ClN4O3/c1-23-14-10-12-13(11-15(14)24-2)20-17(18)21-16(12)19-4-3-5-22-6-8-25-9-7-22/h10-11H,3-9H2,1-2H3,(H,19,20,21). The maximum Gasteiger partial charge on any atom is 0.224 e.